The van der Waals surface area contributed by atoms with E-state index in [-0.39, 0.29) is 5.78 Å². The molecule has 0 aliphatic heterocycles. The van der Waals surface area contributed by atoms with Gasteiger partial charge < -0.3 is 0 Å². The molecule has 0 aliphatic carbocycles. The average molecular weight is 231 g/mol. The van der Waals surface area contributed by atoms with Crippen LogP contribution in [0.15, 0.2) is 18.2 Å². The molecule has 3 heteroatoms. The Morgan fingerprint density at radius 1 is 1.43 bits per heavy atom. The molecule has 0 amide bonds. The molecule has 0 atom stereocenters. The Kier molecular flexibility index (Phi) is 4.43. The Morgan fingerprint density at radius 3 is 2.71 bits per heavy atom. The molecule has 1 rings (SSSR count). The lowest BCUT2D eigenvalue weighted by atomic mass is 10.0. The van der Waals surface area contributed by atoms with Gasteiger partial charge in [0.05, 0.1) is 5.02 Å². The molecule has 0 unspecified atom stereocenters. The van der Waals surface area contributed by atoms with Gasteiger partial charge >= 0.3 is 0 Å². The van der Waals surface area contributed by atoms with Crippen molar-refractivity contribution in [3.8, 4) is 0 Å². The summed E-state index contributed by atoms with van der Waals surface area (Å²) in [6.07, 6.45) is 1.17. The molecule has 0 saturated heterocycles. The van der Waals surface area contributed by atoms with Crippen LogP contribution in [-0.2, 0) is 0 Å². The first kappa shape index (κ1) is 11.5. The fourth-order valence-corrected chi connectivity index (χ4v) is 1.80. The summed E-state index contributed by atoms with van der Waals surface area (Å²) in [5.74, 6) is 0.587. The van der Waals surface area contributed by atoms with Crippen molar-refractivity contribution >= 4 is 29.0 Å². The maximum atomic E-state index is 11.7. The Labute approximate surface area is 94.0 Å². The SMILES string of the molecule is Cc1cccc(Cl)c1C(=O)CCCCl. The van der Waals surface area contributed by atoms with Crippen molar-refractivity contribution in [2.24, 2.45) is 0 Å². The van der Waals surface area contributed by atoms with Gasteiger partial charge in [-0.2, -0.15) is 0 Å². The van der Waals surface area contributed by atoms with Gasteiger partial charge in [0.25, 0.3) is 0 Å². The summed E-state index contributed by atoms with van der Waals surface area (Å²) < 4.78 is 0. The minimum absolute atomic E-state index is 0.0775. The molecule has 0 aliphatic rings. The third-order valence-electron chi connectivity index (χ3n) is 2.04. The van der Waals surface area contributed by atoms with E-state index in [0.29, 0.717) is 29.3 Å². The monoisotopic (exact) mass is 230 g/mol. The highest BCUT2D eigenvalue weighted by Crippen LogP contribution is 2.21. The number of ketones is 1. The molecular weight excluding hydrogens is 219 g/mol. The van der Waals surface area contributed by atoms with Gasteiger partial charge in [0, 0.05) is 17.9 Å². The number of benzene rings is 1. The smallest absolute Gasteiger partial charge is 0.164 e. The maximum Gasteiger partial charge on any atom is 0.164 e. The van der Waals surface area contributed by atoms with E-state index in [4.69, 9.17) is 23.2 Å². The summed E-state index contributed by atoms with van der Waals surface area (Å²) in [5, 5.41) is 0.532. The molecule has 76 valence electrons. The Hall–Kier alpha value is -0.530. The largest absolute Gasteiger partial charge is 0.294 e. The standard InChI is InChI=1S/C11H12Cl2O/c1-8-4-2-5-9(13)11(8)10(14)6-3-7-12/h2,4-5H,3,6-7H2,1H3. The fraction of sp³-hybridized carbons (Fsp3) is 0.364. The topological polar surface area (TPSA) is 17.1 Å². The zero-order valence-corrected chi connectivity index (χ0v) is 9.53. The van der Waals surface area contributed by atoms with E-state index in [0.717, 1.165) is 5.56 Å². The van der Waals surface area contributed by atoms with Crippen LogP contribution in [0.3, 0.4) is 0 Å². The minimum Gasteiger partial charge on any atom is -0.294 e. The van der Waals surface area contributed by atoms with Crippen LogP contribution in [0.4, 0.5) is 0 Å². The molecule has 0 heterocycles. The first-order valence-electron chi connectivity index (χ1n) is 4.51. The van der Waals surface area contributed by atoms with Crippen molar-refractivity contribution in [2.75, 3.05) is 5.88 Å². The second-order valence-corrected chi connectivity index (χ2v) is 3.93. The van der Waals surface area contributed by atoms with Crippen molar-refractivity contribution in [2.45, 2.75) is 19.8 Å². The van der Waals surface area contributed by atoms with Crippen molar-refractivity contribution in [1.82, 2.24) is 0 Å². The molecule has 0 bridgehead atoms. The number of alkyl halides is 1. The molecule has 0 fully saturated rings. The van der Waals surface area contributed by atoms with Gasteiger partial charge in [0.1, 0.15) is 0 Å². The van der Waals surface area contributed by atoms with Gasteiger partial charge in [-0.1, -0.05) is 23.7 Å². The van der Waals surface area contributed by atoms with E-state index in [1.165, 1.54) is 0 Å². The summed E-state index contributed by atoms with van der Waals surface area (Å²) in [6.45, 7) is 1.89. The van der Waals surface area contributed by atoms with Crippen LogP contribution in [0.1, 0.15) is 28.8 Å². The lowest BCUT2D eigenvalue weighted by Crippen LogP contribution is -2.02. The molecule has 0 saturated carbocycles. The highest BCUT2D eigenvalue weighted by molar-refractivity contribution is 6.34. The second-order valence-electron chi connectivity index (χ2n) is 3.15. The van der Waals surface area contributed by atoms with Crippen LogP contribution in [0.5, 0.6) is 0 Å². The summed E-state index contributed by atoms with van der Waals surface area (Å²) in [5.41, 5.74) is 1.57. The van der Waals surface area contributed by atoms with Crippen LogP contribution in [0.25, 0.3) is 0 Å². The lowest BCUT2D eigenvalue weighted by Gasteiger charge is -2.05. The molecule has 1 nitrogen and oxygen atoms in total. The van der Waals surface area contributed by atoms with Gasteiger partial charge in [-0.15, -0.1) is 11.6 Å². The second kappa shape index (κ2) is 5.38. The predicted molar refractivity (Wildman–Crippen MR) is 60.5 cm³/mol. The third kappa shape index (κ3) is 2.73. The number of halogens is 2. The Bertz CT molecular complexity index is 314. The molecule has 1 aromatic rings. The number of hydrogen-bond donors (Lipinski definition) is 0. The van der Waals surface area contributed by atoms with E-state index in [9.17, 15) is 4.79 Å². The fourth-order valence-electron chi connectivity index (χ4n) is 1.34. The van der Waals surface area contributed by atoms with Crippen LogP contribution in [0, 0.1) is 6.92 Å². The van der Waals surface area contributed by atoms with E-state index in [1.807, 2.05) is 19.1 Å². The number of rotatable bonds is 4. The van der Waals surface area contributed by atoms with Crippen molar-refractivity contribution < 1.29 is 4.79 Å². The van der Waals surface area contributed by atoms with E-state index in [2.05, 4.69) is 0 Å². The predicted octanol–water partition coefficient (Wildman–Crippen LogP) is 3.85. The first-order chi connectivity index (χ1) is 6.66. The van der Waals surface area contributed by atoms with E-state index in [1.54, 1.807) is 6.07 Å². The summed E-state index contributed by atoms with van der Waals surface area (Å²) >= 11 is 11.5. The molecule has 1 aromatic carbocycles. The summed E-state index contributed by atoms with van der Waals surface area (Å²) in [4.78, 5) is 11.7. The van der Waals surface area contributed by atoms with Gasteiger partial charge in [-0.05, 0) is 25.0 Å². The van der Waals surface area contributed by atoms with Crippen LogP contribution >= 0.6 is 23.2 Å². The van der Waals surface area contributed by atoms with Gasteiger partial charge in [-0.25, -0.2) is 0 Å². The molecule has 0 aromatic heterocycles. The van der Waals surface area contributed by atoms with E-state index >= 15 is 0 Å². The lowest BCUT2D eigenvalue weighted by molar-refractivity contribution is 0.0981. The van der Waals surface area contributed by atoms with Crippen LogP contribution < -0.4 is 0 Å². The molecular formula is C11H12Cl2O. The quantitative estimate of drug-likeness (QED) is 0.568. The third-order valence-corrected chi connectivity index (χ3v) is 2.62. The van der Waals surface area contributed by atoms with Crippen molar-refractivity contribution in [3.63, 3.8) is 0 Å². The molecule has 14 heavy (non-hydrogen) atoms. The molecule has 0 radical (unpaired) electrons. The first-order valence-corrected chi connectivity index (χ1v) is 5.42. The highest BCUT2D eigenvalue weighted by Gasteiger charge is 2.11. The van der Waals surface area contributed by atoms with Crippen molar-refractivity contribution in [1.29, 1.82) is 0 Å². The van der Waals surface area contributed by atoms with Crippen LogP contribution in [0.2, 0.25) is 5.02 Å². The normalized spacial score (nSPS) is 10.2. The minimum atomic E-state index is 0.0775. The van der Waals surface area contributed by atoms with Gasteiger partial charge in [-0.3, -0.25) is 4.79 Å². The van der Waals surface area contributed by atoms with Crippen LogP contribution in [-0.4, -0.2) is 11.7 Å². The number of hydrogen-bond acceptors (Lipinski definition) is 1. The average Bonchev–Trinajstić information content (AvgIpc) is 2.14. The molecule has 0 N–H and O–H groups in total. The highest BCUT2D eigenvalue weighted by atomic mass is 35.5. The van der Waals surface area contributed by atoms with Gasteiger partial charge in [0.2, 0.25) is 0 Å². The summed E-state index contributed by atoms with van der Waals surface area (Å²) in [7, 11) is 0. The summed E-state index contributed by atoms with van der Waals surface area (Å²) in [6, 6.07) is 5.47. The molecule has 0 spiro atoms. The zero-order chi connectivity index (χ0) is 10.6. The number of carbonyl (C=O) groups excluding carboxylic acids is 1. The number of aryl methyl sites for hydroxylation is 1. The number of Topliss-reactive ketones (excluding diaryl/α,β-unsaturated/α-hetero) is 1. The maximum absolute atomic E-state index is 11.7. The van der Waals surface area contributed by atoms with Crippen molar-refractivity contribution in [3.05, 3.63) is 34.3 Å². The zero-order valence-electron chi connectivity index (χ0n) is 8.02. The Balaban J connectivity index is 2.89. The van der Waals surface area contributed by atoms with Gasteiger partial charge in [0.15, 0.2) is 5.78 Å². The number of carbonyl (C=O) groups is 1. The Morgan fingerprint density at radius 2 is 2.14 bits per heavy atom. The van der Waals surface area contributed by atoms with E-state index < -0.39 is 0 Å².